The van der Waals surface area contributed by atoms with Crippen molar-refractivity contribution >= 4 is 27.3 Å². The largest absolute Gasteiger partial charge is 0.371 e. The summed E-state index contributed by atoms with van der Waals surface area (Å²) in [5.41, 5.74) is 3.36. The third-order valence-corrected chi connectivity index (χ3v) is 7.34. The Morgan fingerprint density at radius 2 is 1.80 bits per heavy atom. The van der Waals surface area contributed by atoms with E-state index in [0.29, 0.717) is 30.6 Å². The number of nitrogens with zero attached hydrogens (tertiary/aromatic N) is 3. The van der Waals surface area contributed by atoms with Crippen LogP contribution in [0.3, 0.4) is 0 Å². The van der Waals surface area contributed by atoms with Gasteiger partial charge in [0.15, 0.2) is 0 Å². The molecule has 2 aromatic rings. The lowest BCUT2D eigenvalue weighted by molar-refractivity contribution is -0.116. The minimum absolute atomic E-state index is 0.0774. The number of anilines is 2. The molecule has 0 saturated carbocycles. The minimum Gasteiger partial charge on any atom is -0.371 e. The predicted octanol–water partition coefficient (Wildman–Crippen LogP) is 2.41. The number of hydrogen-bond donors (Lipinski definition) is 1. The molecule has 2 aliphatic heterocycles. The summed E-state index contributed by atoms with van der Waals surface area (Å²) in [4.78, 5) is 15.8. The summed E-state index contributed by atoms with van der Waals surface area (Å²) in [7, 11) is -3.66. The highest BCUT2D eigenvalue weighted by atomic mass is 32.2. The fourth-order valence-electron chi connectivity index (χ4n) is 4.14. The van der Waals surface area contributed by atoms with Crippen molar-refractivity contribution in [2.24, 2.45) is 0 Å². The van der Waals surface area contributed by atoms with Crippen LogP contribution in [0.1, 0.15) is 30.9 Å². The molecule has 0 aliphatic carbocycles. The number of amides is 1. The lowest BCUT2D eigenvalue weighted by atomic mass is 10.1. The first-order chi connectivity index (χ1) is 14.4. The molecule has 156 valence electrons. The van der Waals surface area contributed by atoms with Crippen LogP contribution >= 0.6 is 0 Å². The Balaban J connectivity index is 1.42. The molecule has 0 atom stereocenters. The van der Waals surface area contributed by atoms with Crippen LogP contribution < -0.4 is 14.5 Å². The van der Waals surface area contributed by atoms with Gasteiger partial charge in [0, 0.05) is 44.0 Å². The standard InChI is InChI=1S/C22H24N4O3S/c1-16(27)26-13-8-18-4-7-21(14-22(18)26)30(28,29)24-19-9-11-25(12-10-19)20-5-2-17(15-23)3-6-20/h2-7,14,19,24H,8-13H2,1H3. The van der Waals surface area contributed by atoms with Gasteiger partial charge in [-0.05, 0) is 61.2 Å². The Labute approximate surface area is 177 Å². The smallest absolute Gasteiger partial charge is 0.240 e. The van der Waals surface area contributed by atoms with Gasteiger partial charge in [-0.1, -0.05) is 6.07 Å². The number of benzene rings is 2. The van der Waals surface area contributed by atoms with E-state index < -0.39 is 10.0 Å². The van der Waals surface area contributed by atoms with Crippen molar-refractivity contribution in [1.29, 1.82) is 5.26 Å². The summed E-state index contributed by atoms with van der Waals surface area (Å²) < 4.78 is 28.7. The van der Waals surface area contributed by atoms with Crippen LogP contribution in [0.5, 0.6) is 0 Å². The summed E-state index contributed by atoms with van der Waals surface area (Å²) in [5, 5.41) is 8.92. The van der Waals surface area contributed by atoms with Gasteiger partial charge in [0.05, 0.1) is 16.5 Å². The van der Waals surface area contributed by atoms with E-state index in [9.17, 15) is 13.2 Å². The van der Waals surface area contributed by atoms with Gasteiger partial charge in [0.25, 0.3) is 0 Å². The van der Waals surface area contributed by atoms with Crippen molar-refractivity contribution in [3.63, 3.8) is 0 Å². The Morgan fingerprint density at radius 1 is 1.10 bits per heavy atom. The zero-order valence-corrected chi connectivity index (χ0v) is 17.7. The monoisotopic (exact) mass is 424 g/mol. The Hall–Kier alpha value is -2.89. The second kappa shape index (κ2) is 8.09. The molecule has 0 spiro atoms. The normalized spacial score (nSPS) is 16.9. The summed E-state index contributed by atoms with van der Waals surface area (Å²) in [6.07, 6.45) is 2.14. The average molecular weight is 425 g/mol. The van der Waals surface area contributed by atoms with Gasteiger partial charge in [-0.3, -0.25) is 4.79 Å². The zero-order valence-electron chi connectivity index (χ0n) is 16.8. The second-order valence-electron chi connectivity index (χ2n) is 7.75. The van der Waals surface area contributed by atoms with Gasteiger partial charge in [-0.25, -0.2) is 13.1 Å². The molecule has 8 heteroatoms. The van der Waals surface area contributed by atoms with Gasteiger partial charge < -0.3 is 9.80 Å². The number of carbonyl (C=O) groups is 1. The highest BCUT2D eigenvalue weighted by Gasteiger charge is 2.28. The van der Waals surface area contributed by atoms with Crippen LogP contribution in [0, 0.1) is 11.3 Å². The van der Waals surface area contributed by atoms with Crippen molar-refractivity contribution in [3.05, 3.63) is 53.6 Å². The average Bonchev–Trinajstić information content (AvgIpc) is 3.18. The van der Waals surface area contributed by atoms with Crippen molar-refractivity contribution in [1.82, 2.24) is 4.72 Å². The van der Waals surface area contributed by atoms with Crippen LogP contribution in [0.2, 0.25) is 0 Å². The maximum atomic E-state index is 12.9. The van der Waals surface area contributed by atoms with E-state index in [1.165, 1.54) is 6.92 Å². The Kier molecular flexibility index (Phi) is 5.50. The summed E-state index contributed by atoms with van der Waals surface area (Å²) in [6.45, 7) is 3.56. The SMILES string of the molecule is CC(=O)N1CCc2ccc(S(=O)(=O)NC3CCN(c4ccc(C#N)cc4)CC3)cc21. The minimum atomic E-state index is -3.66. The molecule has 30 heavy (non-hydrogen) atoms. The first kappa shape index (κ1) is 20.4. The van der Waals surface area contributed by atoms with Crippen LogP contribution in [0.4, 0.5) is 11.4 Å². The number of nitriles is 1. The molecule has 2 aliphatic rings. The van der Waals surface area contributed by atoms with E-state index in [4.69, 9.17) is 5.26 Å². The van der Waals surface area contributed by atoms with Gasteiger partial charge in [0.1, 0.15) is 0 Å². The molecule has 1 saturated heterocycles. The molecule has 2 heterocycles. The fraction of sp³-hybridized carbons (Fsp3) is 0.364. The molecule has 0 unspecified atom stereocenters. The number of carbonyl (C=O) groups excluding carboxylic acids is 1. The van der Waals surface area contributed by atoms with Crippen LogP contribution in [-0.2, 0) is 21.2 Å². The number of fused-ring (bicyclic) bond motifs is 1. The number of sulfonamides is 1. The molecule has 7 nitrogen and oxygen atoms in total. The van der Waals surface area contributed by atoms with E-state index in [1.54, 1.807) is 35.2 Å². The van der Waals surface area contributed by atoms with E-state index in [1.807, 2.05) is 12.1 Å². The highest BCUT2D eigenvalue weighted by Crippen LogP contribution is 2.31. The molecular weight excluding hydrogens is 400 g/mol. The third kappa shape index (κ3) is 4.04. The topological polar surface area (TPSA) is 93.5 Å². The molecule has 0 radical (unpaired) electrons. The second-order valence-corrected chi connectivity index (χ2v) is 9.47. The quantitative estimate of drug-likeness (QED) is 0.814. The Bertz CT molecular complexity index is 1100. The molecule has 4 rings (SSSR count). The maximum absolute atomic E-state index is 12.9. The van der Waals surface area contributed by atoms with E-state index in [-0.39, 0.29) is 16.8 Å². The third-order valence-electron chi connectivity index (χ3n) is 5.82. The molecule has 1 amide bonds. The van der Waals surface area contributed by atoms with Gasteiger partial charge in [-0.15, -0.1) is 0 Å². The van der Waals surface area contributed by atoms with Crippen molar-refractivity contribution in [3.8, 4) is 6.07 Å². The number of hydrogen-bond acceptors (Lipinski definition) is 5. The number of rotatable bonds is 4. The fourth-order valence-corrected chi connectivity index (χ4v) is 5.47. The van der Waals surface area contributed by atoms with Crippen molar-refractivity contribution < 1.29 is 13.2 Å². The summed E-state index contributed by atoms with van der Waals surface area (Å²) >= 11 is 0. The van der Waals surface area contributed by atoms with E-state index in [2.05, 4.69) is 15.7 Å². The summed E-state index contributed by atoms with van der Waals surface area (Å²) in [5.74, 6) is -0.0774. The van der Waals surface area contributed by atoms with Crippen molar-refractivity contribution in [2.45, 2.75) is 37.1 Å². The molecule has 1 N–H and O–H groups in total. The molecule has 1 fully saturated rings. The van der Waals surface area contributed by atoms with Crippen molar-refractivity contribution in [2.75, 3.05) is 29.4 Å². The number of nitrogens with one attached hydrogen (secondary N) is 1. The molecule has 0 bridgehead atoms. The highest BCUT2D eigenvalue weighted by molar-refractivity contribution is 7.89. The first-order valence-corrected chi connectivity index (χ1v) is 11.5. The first-order valence-electron chi connectivity index (χ1n) is 10.1. The summed E-state index contributed by atoms with van der Waals surface area (Å²) in [6, 6.07) is 14.5. The molecular formula is C22H24N4O3S. The maximum Gasteiger partial charge on any atom is 0.240 e. The van der Waals surface area contributed by atoms with Crippen LogP contribution in [0.25, 0.3) is 0 Å². The van der Waals surface area contributed by atoms with E-state index in [0.717, 1.165) is 30.8 Å². The lowest BCUT2D eigenvalue weighted by Gasteiger charge is -2.33. The van der Waals surface area contributed by atoms with Crippen LogP contribution in [0.15, 0.2) is 47.4 Å². The zero-order chi connectivity index (χ0) is 21.3. The lowest BCUT2D eigenvalue weighted by Crippen LogP contribution is -2.44. The number of piperidine rings is 1. The van der Waals surface area contributed by atoms with Crippen LogP contribution in [-0.4, -0.2) is 40.0 Å². The molecule has 2 aromatic carbocycles. The Morgan fingerprint density at radius 3 is 2.43 bits per heavy atom. The molecule has 0 aromatic heterocycles. The predicted molar refractivity (Wildman–Crippen MR) is 115 cm³/mol. The van der Waals surface area contributed by atoms with Gasteiger partial charge in [-0.2, -0.15) is 5.26 Å². The van der Waals surface area contributed by atoms with Gasteiger partial charge >= 0.3 is 0 Å². The van der Waals surface area contributed by atoms with Gasteiger partial charge in [0.2, 0.25) is 15.9 Å². The van der Waals surface area contributed by atoms with E-state index >= 15 is 0 Å².